The first-order valence-corrected chi connectivity index (χ1v) is 9.95. The second-order valence-corrected chi connectivity index (χ2v) is 8.46. The third-order valence-electron chi connectivity index (χ3n) is 3.70. The van der Waals surface area contributed by atoms with Crippen molar-refractivity contribution < 1.29 is 8.76 Å². The molecule has 1 N–H and O–H groups in total. The quantitative estimate of drug-likeness (QED) is 0.846. The fourth-order valence-electron chi connectivity index (χ4n) is 2.73. The third kappa shape index (κ3) is 3.94. The van der Waals surface area contributed by atoms with Crippen LogP contribution in [-0.2, 0) is 26.4 Å². The molecule has 0 spiro atoms. The molecule has 0 fully saturated rings. The van der Waals surface area contributed by atoms with E-state index in [1.807, 2.05) is 50.2 Å². The molecule has 0 bridgehead atoms. The average Bonchev–Trinajstić information content (AvgIpc) is 2.43. The van der Waals surface area contributed by atoms with E-state index in [1.165, 1.54) is 0 Å². The lowest BCUT2D eigenvalue weighted by Gasteiger charge is -2.16. The van der Waals surface area contributed by atoms with Crippen molar-refractivity contribution >= 4 is 20.0 Å². The Hall–Kier alpha value is -1.23. The van der Waals surface area contributed by atoms with Crippen molar-refractivity contribution in [2.45, 2.75) is 44.9 Å². The molecule has 1 unspecified atom stereocenters. The summed E-state index contributed by atoms with van der Waals surface area (Å²) in [4.78, 5) is 0.423. The zero-order chi connectivity index (χ0) is 16.3. The lowest BCUT2D eigenvalue weighted by atomic mass is 9.96. The Balaban J connectivity index is 2.74. The van der Waals surface area contributed by atoms with Gasteiger partial charge in [-0.05, 0) is 37.8 Å². The highest BCUT2D eigenvalue weighted by atomic mass is 32.8. The molecule has 2 aromatic rings. The molecule has 0 saturated heterocycles. The second-order valence-electron chi connectivity index (χ2n) is 5.75. The highest BCUT2D eigenvalue weighted by Gasteiger charge is 2.19. The topological polar surface area (TPSA) is 37.3 Å². The molecule has 0 aromatic heterocycles. The Morgan fingerprint density at radius 2 is 1.86 bits per heavy atom. The number of benzene rings is 2. The summed E-state index contributed by atoms with van der Waals surface area (Å²) in [6.07, 6.45) is 2.80. The maximum atomic E-state index is 12.3. The van der Waals surface area contributed by atoms with Crippen LogP contribution in [0.4, 0.5) is 0 Å². The van der Waals surface area contributed by atoms with E-state index in [0.29, 0.717) is 4.90 Å². The lowest BCUT2D eigenvalue weighted by molar-refractivity contribution is 0.560. The molecule has 2 aromatic carbocycles. The van der Waals surface area contributed by atoms with E-state index in [1.54, 1.807) is 0 Å². The smallest absolute Gasteiger partial charge is 0.171 e. The van der Waals surface area contributed by atoms with E-state index in [4.69, 9.17) is 11.2 Å². The van der Waals surface area contributed by atoms with Crippen molar-refractivity contribution in [3.8, 4) is 11.1 Å². The van der Waals surface area contributed by atoms with Crippen LogP contribution in [0.1, 0.15) is 36.5 Å². The van der Waals surface area contributed by atoms with Crippen molar-refractivity contribution in [2.24, 2.45) is 0 Å². The minimum atomic E-state index is -3.44. The maximum absolute atomic E-state index is 12.3. The molecule has 0 heterocycles. The highest BCUT2D eigenvalue weighted by Crippen LogP contribution is 2.33. The van der Waals surface area contributed by atoms with Gasteiger partial charge < -0.3 is 4.55 Å². The summed E-state index contributed by atoms with van der Waals surface area (Å²) >= 11 is 4.94. The molecule has 0 aliphatic heterocycles. The Kier molecular flexibility index (Phi) is 5.37. The fourth-order valence-corrected chi connectivity index (χ4v) is 4.27. The molecule has 1 atom stereocenters. The van der Waals surface area contributed by atoms with Gasteiger partial charge in [-0.25, -0.2) is 4.21 Å². The minimum Gasteiger partial charge on any atom is -0.302 e. The van der Waals surface area contributed by atoms with Gasteiger partial charge in [0.25, 0.3) is 0 Å². The van der Waals surface area contributed by atoms with Crippen LogP contribution >= 0.6 is 0 Å². The Morgan fingerprint density at radius 3 is 2.45 bits per heavy atom. The molecule has 0 amide bonds. The molecule has 0 radical (unpaired) electrons. The summed E-state index contributed by atoms with van der Waals surface area (Å²) in [6, 6.07) is 11.9. The van der Waals surface area contributed by atoms with E-state index in [2.05, 4.69) is 6.92 Å². The normalized spacial score (nSPS) is 13.8. The summed E-state index contributed by atoms with van der Waals surface area (Å²) < 4.78 is 22.4. The van der Waals surface area contributed by atoms with Crippen molar-refractivity contribution in [3.63, 3.8) is 0 Å². The summed E-state index contributed by atoms with van der Waals surface area (Å²) in [5, 5.41) is 0. The molecule has 2 nitrogen and oxygen atoms in total. The summed E-state index contributed by atoms with van der Waals surface area (Å²) in [5.41, 5.74) is 4.85. The van der Waals surface area contributed by atoms with Crippen molar-refractivity contribution in [1.29, 1.82) is 0 Å². The van der Waals surface area contributed by atoms with Gasteiger partial charge in [0.1, 0.15) is 0 Å². The standard InChI is InChI=1S/C18H22O2S2/c1-4-5-8-16-11-14(3)12-17(18(16)22(19,20)21)15-9-6-7-13(2)10-15/h6-7,9-12H,4-5,8H2,1-3H3,(H,19,20,21). The number of hydrogen-bond acceptors (Lipinski definition) is 2. The summed E-state index contributed by atoms with van der Waals surface area (Å²) in [7, 11) is -3.44. The van der Waals surface area contributed by atoms with Crippen molar-refractivity contribution in [2.75, 3.05) is 0 Å². The predicted molar refractivity (Wildman–Crippen MR) is 96.4 cm³/mol. The van der Waals surface area contributed by atoms with Gasteiger partial charge in [0.2, 0.25) is 0 Å². The first-order chi connectivity index (χ1) is 10.3. The van der Waals surface area contributed by atoms with E-state index >= 15 is 0 Å². The van der Waals surface area contributed by atoms with E-state index in [0.717, 1.165) is 47.1 Å². The zero-order valence-corrected chi connectivity index (χ0v) is 14.9. The van der Waals surface area contributed by atoms with Gasteiger partial charge in [-0.15, -0.1) is 0 Å². The molecule has 0 aliphatic rings. The van der Waals surface area contributed by atoms with Gasteiger partial charge in [0.05, 0.1) is 4.90 Å². The van der Waals surface area contributed by atoms with Crippen LogP contribution in [0, 0.1) is 13.8 Å². The monoisotopic (exact) mass is 334 g/mol. The van der Waals surface area contributed by atoms with E-state index in [9.17, 15) is 8.76 Å². The van der Waals surface area contributed by atoms with Crippen LogP contribution < -0.4 is 0 Å². The predicted octanol–water partition coefficient (Wildman–Crippen LogP) is 4.89. The van der Waals surface area contributed by atoms with Gasteiger partial charge in [0.15, 0.2) is 8.77 Å². The number of hydrogen-bond donors (Lipinski definition) is 1. The van der Waals surface area contributed by atoms with E-state index in [-0.39, 0.29) is 0 Å². The summed E-state index contributed by atoms with van der Waals surface area (Å²) in [5.74, 6) is 0. The Morgan fingerprint density at radius 1 is 1.14 bits per heavy atom. The first-order valence-electron chi connectivity index (χ1n) is 7.51. The third-order valence-corrected chi connectivity index (χ3v) is 5.19. The first kappa shape index (κ1) is 17.1. The maximum Gasteiger partial charge on any atom is 0.171 e. The molecule has 22 heavy (non-hydrogen) atoms. The van der Waals surface area contributed by atoms with Gasteiger partial charge in [-0.3, -0.25) is 0 Å². The number of unbranched alkanes of at least 4 members (excludes halogenated alkanes) is 1. The molecule has 4 heteroatoms. The van der Waals surface area contributed by atoms with Gasteiger partial charge in [0, 0.05) is 16.8 Å². The molecular formula is C18H22O2S2. The van der Waals surface area contributed by atoms with Crippen LogP contribution in [0.5, 0.6) is 0 Å². The van der Waals surface area contributed by atoms with Gasteiger partial charge in [-0.1, -0.05) is 60.9 Å². The van der Waals surface area contributed by atoms with Crippen LogP contribution in [0.3, 0.4) is 0 Å². The van der Waals surface area contributed by atoms with Gasteiger partial charge in [-0.2, -0.15) is 0 Å². The molecular weight excluding hydrogens is 312 g/mol. The highest BCUT2D eigenvalue weighted by molar-refractivity contribution is 8.29. The molecule has 0 aliphatic carbocycles. The van der Waals surface area contributed by atoms with Crippen molar-refractivity contribution in [1.82, 2.24) is 0 Å². The Bertz CT molecular complexity index is 778. The van der Waals surface area contributed by atoms with E-state index < -0.39 is 8.77 Å². The van der Waals surface area contributed by atoms with Crippen molar-refractivity contribution in [3.05, 3.63) is 53.1 Å². The fraction of sp³-hybridized carbons (Fsp3) is 0.333. The molecule has 0 saturated carbocycles. The molecule has 2 rings (SSSR count). The summed E-state index contributed by atoms with van der Waals surface area (Å²) in [6.45, 7) is 6.14. The zero-order valence-electron chi connectivity index (χ0n) is 13.3. The SMILES string of the molecule is CCCCc1cc(C)cc(-c2cccc(C)c2)c1S(=O)(O)=S. The largest absolute Gasteiger partial charge is 0.302 e. The van der Waals surface area contributed by atoms with Crippen LogP contribution in [-0.4, -0.2) is 8.76 Å². The van der Waals surface area contributed by atoms with Crippen LogP contribution in [0.25, 0.3) is 11.1 Å². The van der Waals surface area contributed by atoms with Crippen LogP contribution in [0.2, 0.25) is 0 Å². The number of rotatable bonds is 5. The van der Waals surface area contributed by atoms with Crippen LogP contribution in [0.15, 0.2) is 41.3 Å². The minimum absolute atomic E-state index is 0.423. The van der Waals surface area contributed by atoms with Gasteiger partial charge >= 0.3 is 0 Å². The number of aryl methyl sites for hydroxylation is 3. The molecule has 118 valence electrons. The average molecular weight is 335 g/mol. The second kappa shape index (κ2) is 6.90. The lowest BCUT2D eigenvalue weighted by Crippen LogP contribution is -2.06. The Labute approximate surface area is 138 Å².